The fourth-order valence-electron chi connectivity index (χ4n) is 2.45. The predicted molar refractivity (Wildman–Crippen MR) is 99.0 cm³/mol. The van der Waals surface area contributed by atoms with E-state index in [1.54, 1.807) is 24.3 Å². The van der Waals surface area contributed by atoms with E-state index in [0.717, 1.165) is 6.07 Å². The number of nitro benzene ring substituents is 1. The molecule has 1 aliphatic heterocycles. The maximum Gasteiger partial charge on any atom is 0.346 e. The lowest BCUT2D eigenvalue weighted by molar-refractivity contribution is -0.385. The van der Waals surface area contributed by atoms with Gasteiger partial charge in [-0.15, -0.1) is 0 Å². The van der Waals surface area contributed by atoms with Gasteiger partial charge in [-0.1, -0.05) is 11.6 Å². The summed E-state index contributed by atoms with van der Waals surface area (Å²) in [5, 5.41) is 14.4. The van der Waals surface area contributed by atoms with Crippen molar-refractivity contribution in [3.63, 3.8) is 0 Å². The minimum absolute atomic E-state index is 0.169. The second-order valence-corrected chi connectivity index (χ2v) is 6.25. The fraction of sp³-hybridized carbons (Fsp3) is 0.222. The highest BCUT2D eigenvalue weighted by molar-refractivity contribution is 6.30. The number of ether oxygens (including phenoxy) is 3. The summed E-state index contributed by atoms with van der Waals surface area (Å²) in [6, 6.07) is 8.63. The van der Waals surface area contributed by atoms with E-state index in [1.165, 1.54) is 13.0 Å². The second kappa shape index (κ2) is 8.13. The molecule has 9 nitrogen and oxygen atoms in total. The number of nitro groups is 1. The lowest BCUT2D eigenvalue weighted by Crippen LogP contribution is -2.30. The molecule has 0 saturated heterocycles. The zero-order chi connectivity index (χ0) is 20.3. The third-order valence-corrected chi connectivity index (χ3v) is 4.09. The Labute approximate surface area is 164 Å². The van der Waals surface area contributed by atoms with Crippen LogP contribution in [0.25, 0.3) is 0 Å². The van der Waals surface area contributed by atoms with Gasteiger partial charge < -0.3 is 19.5 Å². The van der Waals surface area contributed by atoms with Gasteiger partial charge in [0.05, 0.1) is 11.0 Å². The standard InChI is InChI=1S/C18H15ClN2O7/c1-10(17(22)20-12-4-2-11(19)3-5-12)28-18(23)13-8-15-16(27-7-6-26-15)9-14(13)21(24)25/h2-5,8-10H,6-7H2,1H3,(H,20,22)/t10-/m1/s1. The highest BCUT2D eigenvalue weighted by Crippen LogP contribution is 2.37. The maximum atomic E-state index is 12.4. The van der Waals surface area contributed by atoms with Gasteiger partial charge in [0.15, 0.2) is 17.6 Å². The molecular formula is C18H15ClN2O7. The summed E-state index contributed by atoms with van der Waals surface area (Å²) in [7, 11) is 0. The monoisotopic (exact) mass is 406 g/mol. The molecule has 0 aliphatic carbocycles. The van der Waals surface area contributed by atoms with Crippen molar-refractivity contribution >= 4 is 34.9 Å². The molecule has 1 heterocycles. The zero-order valence-corrected chi connectivity index (χ0v) is 15.4. The van der Waals surface area contributed by atoms with Gasteiger partial charge in [0.25, 0.3) is 11.6 Å². The molecule has 0 aromatic heterocycles. The van der Waals surface area contributed by atoms with Crippen LogP contribution in [0.15, 0.2) is 36.4 Å². The number of halogens is 1. The Balaban J connectivity index is 1.75. The first-order valence-corrected chi connectivity index (χ1v) is 8.58. The molecule has 3 rings (SSSR count). The first-order chi connectivity index (χ1) is 13.3. The van der Waals surface area contributed by atoms with E-state index in [4.69, 9.17) is 25.8 Å². The number of amides is 1. The van der Waals surface area contributed by atoms with E-state index in [9.17, 15) is 19.7 Å². The molecule has 0 unspecified atom stereocenters. The summed E-state index contributed by atoms with van der Waals surface area (Å²) in [6.07, 6.45) is -1.20. The van der Waals surface area contributed by atoms with Gasteiger partial charge in [0.2, 0.25) is 0 Å². The van der Waals surface area contributed by atoms with Crippen molar-refractivity contribution in [1.29, 1.82) is 0 Å². The van der Waals surface area contributed by atoms with Crippen LogP contribution in [-0.4, -0.2) is 36.1 Å². The lowest BCUT2D eigenvalue weighted by Gasteiger charge is -2.19. The average Bonchev–Trinajstić information content (AvgIpc) is 2.68. The highest BCUT2D eigenvalue weighted by Gasteiger charge is 2.29. The Morgan fingerprint density at radius 2 is 1.79 bits per heavy atom. The van der Waals surface area contributed by atoms with Crippen LogP contribution < -0.4 is 14.8 Å². The first-order valence-electron chi connectivity index (χ1n) is 8.20. The number of hydrogen-bond donors (Lipinski definition) is 1. The highest BCUT2D eigenvalue weighted by atomic mass is 35.5. The van der Waals surface area contributed by atoms with Gasteiger partial charge in [-0.05, 0) is 31.2 Å². The van der Waals surface area contributed by atoms with Gasteiger partial charge >= 0.3 is 5.97 Å². The summed E-state index contributed by atoms with van der Waals surface area (Å²) in [4.78, 5) is 35.2. The molecule has 10 heteroatoms. The maximum absolute atomic E-state index is 12.4. The Bertz CT molecular complexity index is 930. The Kier molecular flexibility index (Phi) is 5.65. The van der Waals surface area contributed by atoms with Crippen LogP contribution in [0.2, 0.25) is 5.02 Å². The number of anilines is 1. The summed E-state index contributed by atoms with van der Waals surface area (Å²) in [5.74, 6) is -1.26. The van der Waals surface area contributed by atoms with Crippen LogP contribution in [-0.2, 0) is 9.53 Å². The normalized spacial score (nSPS) is 13.4. The van der Waals surface area contributed by atoms with Crippen molar-refractivity contribution in [3.05, 3.63) is 57.1 Å². The van der Waals surface area contributed by atoms with E-state index in [2.05, 4.69) is 5.32 Å². The molecule has 0 saturated carbocycles. The van der Waals surface area contributed by atoms with Crippen molar-refractivity contribution in [2.24, 2.45) is 0 Å². The number of benzene rings is 2. The minimum atomic E-state index is -1.20. The van der Waals surface area contributed by atoms with E-state index >= 15 is 0 Å². The molecule has 0 fully saturated rings. The topological polar surface area (TPSA) is 117 Å². The molecule has 0 spiro atoms. The smallest absolute Gasteiger partial charge is 0.346 e. The lowest BCUT2D eigenvalue weighted by atomic mass is 10.1. The van der Waals surface area contributed by atoms with Crippen LogP contribution in [0.3, 0.4) is 0 Å². The van der Waals surface area contributed by atoms with Crippen LogP contribution in [0, 0.1) is 10.1 Å². The molecule has 1 atom stereocenters. The molecule has 28 heavy (non-hydrogen) atoms. The number of hydrogen-bond acceptors (Lipinski definition) is 7. The van der Waals surface area contributed by atoms with Gasteiger partial charge in [-0.3, -0.25) is 14.9 Å². The number of nitrogens with zero attached hydrogens (tertiary/aromatic N) is 1. The van der Waals surface area contributed by atoms with E-state index in [-0.39, 0.29) is 30.3 Å². The summed E-state index contributed by atoms with van der Waals surface area (Å²) in [5.41, 5.74) is -0.373. The summed E-state index contributed by atoms with van der Waals surface area (Å²) < 4.78 is 15.7. The summed E-state index contributed by atoms with van der Waals surface area (Å²) in [6.45, 7) is 1.85. The first kappa shape index (κ1) is 19.4. The van der Waals surface area contributed by atoms with E-state index in [0.29, 0.717) is 10.7 Å². The van der Waals surface area contributed by atoms with Crippen molar-refractivity contribution in [2.45, 2.75) is 13.0 Å². The van der Waals surface area contributed by atoms with Crippen LogP contribution in [0.4, 0.5) is 11.4 Å². The predicted octanol–water partition coefficient (Wildman–Crippen LogP) is 3.20. The van der Waals surface area contributed by atoms with Gasteiger partial charge in [0.1, 0.15) is 18.8 Å². The van der Waals surface area contributed by atoms with Crippen molar-refractivity contribution in [1.82, 2.24) is 0 Å². The fourth-order valence-corrected chi connectivity index (χ4v) is 2.57. The Hall–Kier alpha value is -3.33. The summed E-state index contributed by atoms with van der Waals surface area (Å²) >= 11 is 5.78. The molecule has 0 bridgehead atoms. The number of carbonyl (C=O) groups is 2. The molecule has 146 valence electrons. The van der Waals surface area contributed by atoms with Crippen molar-refractivity contribution in [2.75, 3.05) is 18.5 Å². The molecule has 1 N–H and O–H groups in total. The van der Waals surface area contributed by atoms with Crippen LogP contribution in [0.1, 0.15) is 17.3 Å². The molecule has 2 aromatic rings. The minimum Gasteiger partial charge on any atom is -0.486 e. The number of fused-ring (bicyclic) bond motifs is 1. The third kappa shape index (κ3) is 4.32. The number of rotatable bonds is 5. The second-order valence-electron chi connectivity index (χ2n) is 5.81. The number of carbonyl (C=O) groups excluding carboxylic acids is 2. The largest absolute Gasteiger partial charge is 0.486 e. The van der Waals surface area contributed by atoms with Gasteiger partial charge in [-0.25, -0.2) is 4.79 Å². The average molecular weight is 407 g/mol. The van der Waals surface area contributed by atoms with Gasteiger partial charge in [-0.2, -0.15) is 0 Å². The number of esters is 1. The molecule has 1 amide bonds. The Morgan fingerprint density at radius 1 is 1.18 bits per heavy atom. The van der Waals surface area contributed by atoms with E-state index < -0.39 is 28.6 Å². The van der Waals surface area contributed by atoms with Gasteiger partial charge in [0, 0.05) is 16.8 Å². The SMILES string of the molecule is C[C@@H](OC(=O)c1cc2c(cc1[N+](=O)[O-])OCCO2)C(=O)Nc1ccc(Cl)cc1. The quantitative estimate of drug-likeness (QED) is 0.460. The van der Waals surface area contributed by atoms with Crippen molar-refractivity contribution in [3.8, 4) is 11.5 Å². The molecule has 2 aromatic carbocycles. The zero-order valence-electron chi connectivity index (χ0n) is 14.6. The third-order valence-electron chi connectivity index (χ3n) is 3.84. The van der Waals surface area contributed by atoms with Crippen LogP contribution >= 0.6 is 11.6 Å². The van der Waals surface area contributed by atoms with E-state index in [1.807, 2.05) is 0 Å². The molecule has 0 radical (unpaired) electrons. The Morgan fingerprint density at radius 3 is 2.39 bits per heavy atom. The molecule has 1 aliphatic rings. The molecular weight excluding hydrogens is 392 g/mol. The van der Waals surface area contributed by atoms with Crippen LogP contribution in [0.5, 0.6) is 11.5 Å². The van der Waals surface area contributed by atoms with Crippen molar-refractivity contribution < 1.29 is 28.7 Å². The number of nitrogens with one attached hydrogen (secondary N) is 1.